The van der Waals surface area contributed by atoms with Gasteiger partial charge in [-0.25, -0.2) is 4.79 Å². The van der Waals surface area contributed by atoms with Crippen molar-refractivity contribution in [3.63, 3.8) is 0 Å². The van der Waals surface area contributed by atoms with E-state index in [1.54, 1.807) is 27.2 Å². The van der Waals surface area contributed by atoms with Crippen molar-refractivity contribution < 1.29 is 54.1 Å². The van der Waals surface area contributed by atoms with Crippen LogP contribution in [0.1, 0.15) is 166 Å². The van der Waals surface area contributed by atoms with Crippen LogP contribution in [0.4, 0.5) is 5.69 Å². The Balaban J connectivity index is 1.20. The number of fused-ring (bicyclic) bond motifs is 9. The first-order valence-electron chi connectivity index (χ1n) is 28.1. The Bertz CT molecular complexity index is 2720. The van der Waals surface area contributed by atoms with Gasteiger partial charge in [0.15, 0.2) is 0 Å². The zero-order chi connectivity index (χ0) is 52.6. The molecule has 3 heterocycles. The summed E-state index contributed by atoms with van der Waals surface area (Å²) < 4.78 is 18.5. The van der Waals surface area contributed by atoms with Crippen molar-refractivity contribution in [2.45, 2.75) is 170 Å². The zero-order valence-electron chi connectivity index (χ0n) is 44.1. The van der Waals surface area contributed by atoms with E-state index >= 15 is 4.79 Å². The highest BCUT2D eigenvalue weighted by atomic mass is 16.6. The summed E-state index contributed by atoms with van der Waals surface area (Å²) in [5, 5.41) is 68.6. The third kappa shape index (κ3) is 11.2. The first-order valence-corrected chi connectivity index (χ1v) is 28.1. The van der Waals surface area contributed by atoms with Crippen molar-refractivity contribution in [3.8, 4) is 23.3 Å². The van der Waals surface area contributed by atoms with Gasteiger partial charge in [0.1, 0.15) is 29.0 Å². The number of likely N-dealkylation sites (N-methyl/N-ethyl adjacent to an activating group) is 1. The number of anilines is 1. The third-order valence-electron chi connectivity index (χ3n) is 18.4. The van der Waals surface area contributed by atoms with Crippen LogP contribution in [0.2, 0.25) is 0 Å². The van der Waals surface area contributed by atoms with Crippen molar-refractivity contribution >= 4 is 23.4 Å². The van der Waals surface area contributed by atoms with Crippen LogP contribution in [0, 0.1) is 41.4 Å². The van der Waals surface area contributed by atoms with Gasteiger partial charge in [-0.3, -0.25) is 9.59 Å². The van der Waals surface area contributed by atoms with Crippen LogP contribution in [0.15, 0.2) is 60.2 Å². The molecule has 7 aliphatic rings. The zero-order valence-corrected chi connectivity index (χ0v) is 44.1. The Kier molecular flexibility index (Phi) is 16.0. The second-order valence-corrected chi connectivity index (χ2v) is 23.6. The molecule has 3 aromatic rings. The summed E-state index contributed by atoms with van der Waals surface area (Å²) in [5.41, 5.74) is 2.75. The molecule has 4 aliphatic carbocycles. The Labute approximate surface area is 442 Å². The minimum Gasteiger partial charge on any atom is -0.507 e. The predicted octanol–water partition coefficient (Wildman–Crippen LogP) is 8.17. The average molecular weight is 1030 g/mol. The van der Waals surface area contributed by atoms with Crippen molar-refractivity contribution in [1.82, 2.24) is 5.32 Å². The number of carbonyl (C=O) groups excluding carboxylic acids is 3. The number of esters is 2. The molecule has 402 valence electrons. The number of carbonyl (C=O) groups is 3. The lowest BCUT2D eigenvalue weighted by molar-refractivity contribution is -0.228. The van der Waals surface area contributed by atoms with Crippen LogP contribution in [-0.2, 0) is 43.1 Å². The van der Waals surface area contributed by atoms with E-state index in [1.807, 2.05) is 42.5 Å². The Morgan fingerprint density at radius 2 is 1.65 bits per heavy atom. The predicted molar refractivity (Wildman–Crippen MR) is 284 cm³/mol. The fourth-order valence-corrected chi connectivity index (χ4v) is 14.7. The molecule has 12 atom stereocenters. The van der Waals surface area contributed by atoms with E-state index in [9.17, 15) is 35.1 Å². The number of aliphatic hydroxyl groups excluding tert-OH is 2. The molecular formula is C62H78N2O11. The van der Waals surface area contributed by atoms with Crippen molar-refractivity contribution in [2.75, 3.05) is 39.2 Å². The molecule has 0 spiro atoms. The van der Waals surface area contributed by atoms with Gasteiger partial charge >= 0.3 is 11.9 Å². The lowest BCUT2D eigenvalue weighted by Crippen LogP contribution is -2.65. The molecule has 0 aromatic heterocycles. The number of aromatic hydroxyl groups is 1. The summed E-state index contributed by atoms with van der Waals surface area (Å²) in [5.74, 6) is 3.68. The lowest BCUT2D eigenvalue weighted by Gasteiger charge is -2.59. The molecule has 0 amide bonds. The van der Waals surface area contributed by atoms with Crippen LogP contribution in [-0.4, -0.2) is 101 Å². The van der Waals surface area contributed by atoms with E-state index in [4.69, 9.17) is 14.2 Å². The molecular weight excluding hydrogens is 949 g/mol. The topological polar surface area (TPSA) is 204 Å². The molecule has 13 nitrogen and oxygen atoms in total. The molecule has 10 bridgehead atoms. The van der Waals surface area contributed by atoms with E-state index in [0.29, 0.717) is 71.5 Å². The number of hydrogen-bond donors (Lipinski definition) is 7. The fraction of sp³-hybridized carbons (Fsp3) is 0.597. The lowest BCUT2D eigenvalue weighted by atomic mass is 9.48. The van der Waals surface area contributed by atoms with Crippen molar-refractivity contribution in [1.29, 1.82) is 0 Å². The summed E-state index contributed by atoms with van der Waals surface area (Å²) in [6.07, 6.45) is 8.74. The van der Waals surface area contributed by atoms with E-state index in [0.717, 1.165) is 75.3 Å². The Morgan fingerprint density at radius 3 is 2.44 bits per heavy atom. The van der Waals surface area contributed by atoms with Gasteiger partial charge in [-0.15, -0.1) is 0 Å². The largest absolute Gasteiger partial charge is 0.507 e. The maximum absolute atomic E-state index is 15.8. The molecule has 0 unspecified atom stereocenters. The fourth-order valence-electron chi connectivity index (χ4n) is 14.7. The first kappa shape index (κ1) is 53.3. The number of benzene rings is 3. The van der Waals surface area contributed by atoms with Gasteiger partial charge in [0.25, 0.3) is 0 Å². The molecule has 3 aliphatic heterocycles. The second kappa shape index (κ2) is 22.5. The Morgan fingerprint density at radius 1 is 0.893 bits per heavy atom. The summed E-state index contributed by atoms with van der Waals surface area (Å²) in [7, 11) is 3.34. The van der Waals surface area contributed by atoms with E-state index in [-0.39, 0.29) is 85.5 Å². The molecule has 4 fully saturated rings. The van der Waals surface area contributed by atoms with E-state index in [1.165, 1.54) is 0 Å². The number of ketones is 1. The third-order valence-corrected chi connectivity index (χ3v) is 18.4. The van der Waals surface area contributed by atoms with Gasteiger partial charge < -0.3 is 50.4 Å². The molecule has 4 saturated carbocycles. The quantitative estimate of drug-likeness (QED) is 0.0551. The Hall–Kier alpha value is -5.07. The SMILES string of the molecule is CNC[C@H](O)c1cc(NC[C@@](C)(O)CCOC)cc([C@H]2C#C[C@@H]3CC(=O)Oc4c3cc(c(O)c4C3CCCCC3)C[C@H]3OC(=O)/C(=C\[C@H](O)Cc4cccc(c4)C[C@@H]4C(=O)CC[C@@H]5[C@@H]4C[C@@H]4CCCC[C@H]4[C@]53O)C2)c1. The minimum absolute atomic E-state index is 0.0155. The first-order chi connectivity index (χ1) is 36.1. The average Bonchev–Trinajstić information content (AvgIpc) is 3.41. The number of phenols is 1. The summed E-state index contributed by atoms with van der Waals surface area (Å²) in [6, 6.07) is 15.5. The highest BCUT2D eigenvalue weighted by Gasteiger charge is 2.62. The summed E-state index contributed by atoms with van der Waals surface area (Å²) in [6.45, 7) is 2.47. The minimum atomic E-state index is -1.60. The number of rotatable bonds is 11. The number of hydrogen-bond acceptors (Lipinski definition) is 13. The number of nitrogens with one attached hydrogen (secondary N) is 2. The molecule has 75 heavy (non-hydrogen) atoms. The molecule has 7 N–H and O–H groups in total. The maximum atomic E-state index is 15.8. The number of methoxy groups -OCH3 is 1. The van der Waals surface area contributed by atoms with Crippen LogP contribution >= 0.6 is 0 Å². The van der Waals surface area contributed by atoms with Crippen LogP contribution in [0.5, 0.6) is 11.5 Å². The molecule has 0 saturated heterocycles. The number of Topliss-reactive ketones (excluding diaryl/α,β-unsaturated/α-hetero) is 1. The van der Waals surface area contributed by atoms with E-state index in [2.05, 4.69) is 28.5 Å². The summed E-state index contributed by atoms with van der Waals surface area (Å²) >= 11 is 0. The second-order valence-electron chi connectivity index (χ2n) is 23.6. The van der Waals surface area contributed by atoms with Gasteiger partial charge in [-0.2, -0.15) is 0 Å². The standard InChI is InChI=1S/C62H78N2O11/c1-61(71,20-21-73-3)35-64-46-27-42(26-43(28-46)54(67)34-63-2)39-16-17-40-33-56(68)75-59-48(40)31-44(58(69)57(59)38-12-5-4-6-13-38)32-55-62(72)51-15-8-7-14-41(51)30-49-50(53(66)19-18-52(49)62)24-37-11-9-10-36(22-37)23-47(65)29-45(25-39)60(70)74-55/h9-11,22,26-29,31,38-41,47,49-52,54-55,63-65,67,69,71-72H,4-8,12-15,18-21,23-25,30,32-35H2,1-3H3/b45-29-/t39-,40+,41-,47+,49+,50-,51+,52+,54-,55+,61-,62-/m0/s1. The van der Waals surface area contributed by atoms with Gasteiger partial charge in [-0.1, -0.05) is 80.7 Å². The van der Waals surface area contributed by atoms with Crippen LogP contribution < -0.4 is 15.4 Å². The number of phenolic OH excluding ortho intramolecular Hbond substituents is 1. The number of ether oxygens (including phenoxy) is 3. The van der Waals surface area contributed by atoms with E-state index < -0.39 is 59.2 Å². The van der Waals surface area contributed by atoms with Crippen LogP contribution in [0.3, 0.4) is 0 Å². The molecule has 13 heteroatoms. The van der Waals surface area contributed by atoms with Gasteiger partial charge in [0, 0.05) is 86.7 Å². The summed E-state index contributed by atoms with van der Waals surface area (Å²) in [4.78, 5) is 44.0. The van der Waals surface area contributed by atoms with Crippen molar-refractivity contribution in [2.24, 2.45) is 29.6 Å². The molecule has 3 aromatic carbocycles. The highest BCUT2D eigenvalue weighted by molar-refractivity contribution is 5.89. The monoisotopic (exact) mass is 1030 g/mol. The molecule has 0 radical (unpaired) electrons. The highest BCUT2D eigenvalue weighted by Crippen LogP contribution is 2.59. The van der Waals surface area contributed by atoms with Gasteiger partial charge in [0.2, 0.25) is 0 Å². The van der Waals surface area contributed by atoms with Crippen LogP contribution in [0.25, 0.3) is 0 Å². The maximum Gasteiger partial charge on any atom is 0.334 e. The molecule has 10 rings (SSSR count). The normalized spacial score (nSPS) is 31.9. The van der Waals surface area contributed by atoms with Gasteiger partial charge in [-0.05, 0) is 141 Å². The van der Waals surface area contributed by atoms with Gasteiger partial charge in [0.05, 0.1) is 30.1 Å². The van der Waals surface area contributed by atoms with Crippen molar-refractivity contribution in [3.05, 3.63) is 99.1 Å². The smallest absolute Gasteiger partial charge is 0.334 e. The number of aliphatic hydroxyl groups is 4.